The number of aromatic nitrogens is 1. The molecule has 0 amide bonds. The van der Waals surface area contributed by atoms with Crippen LogP contribution < -0.4 is 10.2 Å². The summed E-state index contributed by atoms with van der Waals surface area (Å²) in [5.41, 5.74) is 5.84. The molecule has 2 aromatic carbocycles. The highest BCUT2D eigenvalue weighted by atomic mass is 32.2. The van der Waals surface area contributed by atoms with Crippen LogP contribution in [-0.4, -0.2) is 52.2 Å². The molecule has 5 rings (SSSR count). The van der Waals surface area contributed by atoms with Gasteiger partial charge in [-0.1, -0.05) is 12.1 Å². The molecule has 0 spiro atoms. The second-order valence-corrected chi connectivity index (χ2v) is 10.3. The maximum Gasteiger partial charge on any atom is 0.175 e. The van der Waals surface area contributed by atoms with Gasteiger partial charge < -0.3 is 15.0 Å². The van der Waals surface area contributed by atoms with Gasteiger partial charge in [-0.05, 0) is 48.0 Å². The van der Waals surface area contributed by atoms with Crippen molar-refractivity contribution >= 4 is 33.2 Å². The maximum absolute atomic E-state index is 12.0. The van der Waals surface area contributed by atoms with E-state index in [1.165, 1.54) is 11.9 Å². The second-order valence-electron chi connectivity index (χ2n) is 8.29. The van der Waals surface area contributed by atoms with Crippen LogP contribution in [0.25, 0.3) is 11.3 Å². The van der Waals surface area contributed by atoms with Crippen LogP contribution in [0, 0.1) is 0 Å². The predicted molar refractivity (Wildman–Crippen MR) is 131 cm³/mol. The summed E-state index contributed by atoms with van der Waals surface area (Å²) in [4.78, 5) is 11.9. The van der Waals surface area contributed by atoms with Crippen LogP contribution in [0.2, 0.25) is 0 Å². The lowest BCUT2D eigenvalue weighted by Crippen LogP contribution is -2.36. The molecule has 2 aliphatic heterocycles. The van der Waals surface area contributed by atoms with Crippen molar-refractivity contribution in [3.05, 3.63) is 65.7 Å². The number of hydrogen-bond donors (Lipinski definition) is 1. The van der Waals surface area contributed by atoms with Crippen LogP contribution in [0.3, 0.4) is 0 Å². The Hall–Kier alpha value is -3.23. The molecular formula is C25H26N4O3S. The smallest absolute Gasteiger partial charge is 0.175 e. The van der Waals surface area contributed by atoms with Crippen LogP contribution in [0.15, 0.2) is 64.5 Å². The zero-order chi connectivity index (χ0) is 22.8. The van der Waals surface area contributed by atoms with E-state index in [1.807, 2.05) is 18.3 Å². The number of hydrogen-bond acceptors (Lipinski definition) is 7. The van der Waals surface area contributed by atoms with Gasteiger partial charge in [0, 0.05) is 54.5 Å². The normalized spacial score (nSPS) is 15.8. The minimum absolute atomic E-state index is 0.286. The van der Waals surface area contributed by atoms with Gasteiger partial charge in [0.1, 0.15) is 5.82 Å². The van der Waals surface area contributed by atoms with Crippen LogP contribution in [0.1, 0.15) is 11.1 Å². The van der Waals surface area contributed by atoms with Gasteiger partial charge in [-0.15, -0.1) is 0 Å². The van der Waals surface area contributed by atoms with Gasteiger partial charge in [-0.3, -0.25) is 4.99 Å². The number of aliphatic imine (C=N–C) groups is 1. The average molecular weight is 463 g/mol. The molecule has 0 bridgehead atoms. The lowest BCUT2D eigenvalue weighted by Gasteiger charge is -2.29. The van der Waals surface area contributed by atoms with Gasteiger partial charge in [-0.2, -0.15) is 0 Å². The monoisotopic (exact) mass is 462 g/mol. The Morgan fingerprint density at radius 1 is 1.03 bits per heavy atom. The van der Waals surface area contributed by atoms with E-state index in [9.17, 15) is 8.42 Å². The summed E-state index contributed by atoms with van der Waals surface area (Å²) >= 11 is 0. The summed E-state index contributed by atoms with van der Waals surface area (Å²) in [6, 6.07) is 17.3. The van der Waals surface area contributed by atoms with Crippen molar-refractivity contribution in [3.63, 3.8) is 0 Å². The quantitative estimate of drug-likeness (QED) is 0.620. The molecule has 8 heteroatoms. The van der Waals surface area contributed by atoms with Gasteiger partial charge in [0.15, 0.2) is 9.84 Å². The second kappa shape index (κ2) is 8.96. The fraction of sp³-hybridized carbons (Fsp3) is 0.280. The molecule has 1 N–H and O–H groups in total. The fourth-order valence-electron chi connectivity index (χ4n) is 4.15. The number of sulfone groups is 1. The van der Waals surface area contributed by atoms with E-state index < -0.39 is 9.84 Å². The third-order valence-corrected chi connectivity index (χ3v) is 7.08. The number of rotatable bonds is 5. The molecule has 33 heavy (non-hydrogen) atoms. The molecule has 2 aliphatic rings. The summed E-state index contributed by atoms with van der Waals surface area (Å²) < 4.78 is 29.5. The zero-order valence-corrected chi connectivity index (χ0v) is 19.3. The first-order valence-electron chi connectivity index (χ1n) is 11.0. The molecule has 170 valence electrons. The third-order valence-electron chi connectivity index (χ3n) is 5.97. The van der Waals surface area contributed by atoms with E-state index >= 15 is 0 Å². The van der Waals surface area contributed by atoms with Gasteiger partial charge >= 0.3 is 0 Å². The first kappa shape index (κ1) is 21.6. The highest BCUT2D eigenvalue weighted by molar-refractivity contribution is 7.90. The Balaban J connectivity index is 1.47. The van der Waals surface area contributed by atoms with Crippen molar-refractivity contribution in [1.82, 2.24) is 4.98 Å². The number of pyridine rings is 1. The summed E-state index contributed by atoms with van der Waals surface area (Å²) in [5, 5.41) is 3.47. The maximum atomic E-state index is 12.0. The third kappa shape index (κ3) is 4.77. The molecular weight excluding hydrogens is 436 g/mol. The number of morpholine rings is 1. The summed E-state index contributed by atoms with van der Waals surface area (Å²) in [6.45, 7) is 3.87. The van der Waals surface area contributed by atoms with Crippen molar-refractivity contribution in [2.45, 2.75) is 17.9 Å². The molecule has 3 heterocycles. The van der Waals surface area contributed by atoms with Crippen LogP contribution in [0.5, 0.6) is 0 Å². The molecule has 3 aromatic rings. The summed E-state index contributed by atoms with van der Waals surface area (Å²) in [7, 11) is -3.30. The predicted octanol–water partition coefficient (Wildman–Crippen LogP) is 3.86. The van der Waals surface area contributed by atoms with Crippen molar-refractivity contribution < 1.29 is 13.2 Å². The standard InChI is InChI=1S/C25H26N4O3S/c1-33(30,31)22-4-2-3-19(15-22)24-16-18-9-10-26-17-23(18)25(28-24)27-20-5-7-21(8-6-20)29-11-13-32-14-12-29/h2-8,10,15-16H,9,11-14,17H2,1H3,(H,27,28). The SMILES string of the molecule is CS(=O)(=O)c1cccc(-c2cc3c(c(Nc4ccc(N5CCOCC5)cc4)n2)CN=CC3)c1. The highest BCUT2D eigenvalue weighted by Crippen LogP contribution is 2.31. The van der Waals surface area contributed by atoms with Gasteiger partial charge in [0.25, 0.3) is 0 Å². The molecule has 0 unspecified atom stereocenters. The van der Waals surface area contributed by atoms with E-state index in [4.69, 9.17) is 9.72 Å². The van der Waals surface area contributed by atoms with E-state index in [0.29, 0.717) is 6.54 Å². The van der Waals surface area contributed by atoms with Gasteiger partial charge in [0.05, 0.1) is 30.3 Å². The number of nitrogens with one attached hydrogen (secondary N) is 1. The molecule has 1 fully saturated rings. The Bertz CT molecular complexity index is 1300. The number of nitrogens with zero attached hydrogens (tertiary/aromatic N) is 3. The highest BCUT2D eigenvalue weighted by Gasteiger charge is 2.17. The van der Waals surface area contributed by atoms with Crippen molar-refractivity contribution in [2.24, 2.45) is 4.99 Å². The zero-order valence-electron chi connectivity index (χ0n) is 18.5. The van der Waals surface area contributed by atoms with Crippen LogP contribution >= 0.6 is 0 Å². The van der Waals surface area contributed by atoms with E-state index in [-0.39, 0.29) is 4.90 Å². The largest absolute Gasteiger partial charge is 0.378 e. The van der Waals surface area contributed by atoms with E-state index in [2.05, 4.69) is 39.5 Å². The molecule has 1 aromatic heterocycles. The Morgan fingerprint density at radius 3 is 2.58 bits per heavy atom. The summed E-state index contributed by atoms with van der Waals surface area (Å²) in [5.74, 6) is 0.753. The molecule has 7 nitrogen and oxygen atoms in total. The minimum atomic E-state index is -3.30. The van der Waals surface area contributed by atoms with Crippen LogP contribution in [-0.2, 0) is 27.5 Å². The van der Waals surface area contributed by atoms with E-state index in [0.717, 1.165) is 66.6 Å². The lowest BCUT2D eigenvalue weighted by molar-refractivity contribution is 0.122. The molecule has 0 aliphatic carbocycles. The Kier molecular flexibility index (Phi) is 5.86. The van der Waals surface area contributed by atoms with Crippen molar-refractivity contribution in [3.8, 4) is 11.3 Å². The minimum Gasteiger partial charge on any atom is -0.378 e. The molecule has 0 saturated carbocycles. The van der Waals surface area contributed by atoms with Gasteiger partial charge in [0.2, 0.25) is 0 Å². The van der Waals surface area contributed by atoms with Crippen molar-refractivity contribution in [1.29, 1.82) is 0 Å². The van der Waals surface area contributed by atoms with Crippen molar-refractivity contribution in [2.75, 3.05) is 42.8 Å². The summed E-state index contributed by atoms with van der Waals surface area (Å²) in [6.07, 6.45) is 3.86. The van der Waals surface area contributed by atoms with E-state index in [1.54, 1.807) is 18.2 Å². The lowest BCUT2D eigenvalue weighted by atomic mass is 10.0. The van der Waals surface area contributed by atoms with Crippen LogP contribution in [0.4, 0.5) is 17.2 Å². The average Bonchev–Trinajstić information content (AvgIpc) is 2.84. The Labute approximate surface area is 194 Å². The van der Waals surface area contributed by atoms with Gasteiger partial charge in [-0.25, -0.2) is 13.4 Å². The first-order chi connectivity index (χ1) is 16.0. The number of benzene rings is 2. The first-order valence-corrected chi connectivity index (χ1v) is 12.9. The molecule has 1 saturated heterocycles. The molecule has 0 radical (unpaired) electrons. The number of fused-ring (bicyclic) bond motifs is 1. The Morgan fingerprint density at radius 2 is 1.82 bits per heavy atom. The topological polar surface area (TPSA) is 83.9 Å². The fourth-order valence-corrected chi connectivity index (χ4v) is 4.82. The number of anilines is 3. The number of ether oxygens (including phenoxy) is 1. The molecule has 0 atom stereocenters.